The second-order valence-corrected chi connectivity index (χ2v) is 4.74. The molecule has 1 unspecified atom stereocenters. The van der Waals surface area contributed by atoms with Crippen molar-refractivity contribution in [3.05, 3.63) is 23.9 Å². The van der Waals surface area contributed by atoms with E-state index in [0.29, 0.717) is 11.5 Å². The number of thioether (sulfide) groups is 1. The maximum Gasteiger partial charge on any atom is 0.171 e. The van der Waals surface area contributed by atoms with E-state index >= 15 is 0 Å². The predicted octanol–water partition coefficient (Wildman–Crippen LogP) is 2.31. The molecular weight excluding hydrogens is 222 g/mol. The molecule has 0 radical (unpaired) electrons. The normalized spacial score (nSPS) is 13.8. The van der Waals surface area contributed by atoms with E-state index in [-0.39, 0.29) is 5.84 Å². The van der Waals surface area contributed by atoms with Gasteiger partial charge in [0, 0.05) is 17.5 Å². The van der Waals surface area contributed by atoms with Crippen LogP contribution in [0.2, 0.25) is 0 Å². The minimum Gasteiger partial charge on any atom is -0.409 e. The molecule has 3 N–H and O–H groups in total. The molecule has 0 bridgehead atoms. The molecule has 4 nitrogen and oxygen atoms in total. The number of hydrogen-bond donors (Lipinski definition) is 2. The van der Waals surface area contributed by atoms with Gasteiger partial charge in [0.25, 0.3) is 0 Å². The summed E-state index contributed by atoms with van der Waals surface area (Å²) in [6.45, 7) is 4.40. The molecule has 1 rings (SSSR count). The molecule has 0 fully saturated rings. The fourth-order valence-electron chi connectivity index (χ4n) is 1.02. The standard InChI is InChI=1S/C11H17N3OS/c1-3-8(2)7-16-10-5-4-9(6-13-10)11(12)14-15/h4-6,8,15H,3,7H2,1-2H3,(H2,12,14). The summed E-state index contributed by atoms with van der Waals surface area (Å²) < 4.78 is 0. The quantitative estimate of drug-likeness (QED) is 0.272. The fraction of sp³-hybridized carbons (Fsp3) is 0.455. The molecule has 0 aliphatic heterocycles. The number of nitrogens with two attached hydrogens (primary N) is 1. The Balaban J connectivity index is 2.58. The van der Waals surface area contributed by atoms with Gasteiger partial charge in [-0.05, 0) is 18.1 Å². The van der Waals surface area contributed by atoms with Crippen molar-refractivity contribution in [2.75, 3.05) is 5.75 Å². The molecule has 1 aromatic heterocycles. The highest BCUT2D eigenvalue weighted by molar-refractivity contribution is 7.99. The lowest BCUT2D eigenvalue weighted by atomic mass is 10.2. The lowest BCUT2D eigenvalue weighted by molar-refractivity contribution is 0.318. The van der Waals surface area contributed by atoms with Crippen LogP contribution in [0.1, 0.15) is 25.8 Å². The summed E-state index contributed by atoms with van der Waals surface area (Å²) in [6.07, 6.45) is 2.79. The van der Waals surface area contributed by atoms with Crippen molar-refractivity contribution in [3.63, 3.8) is 0 Å². The molecule has 88 valence electrons. The first-order chi connectivity index (χ1) is 7.67. The summed E-state index contributed by atoms with van der Waals surface area (Å²) in [5, 5.41) is 12.4. The molecule has 1 aromatic rings. The highest BCUT2D eigenvalue weighted by atomic mass is 32.2. The number of aromatic nitrogens is 1. The van der Waals surface area contributed by atoms with Crippen LogP contribution in [0.15, 0.2) is 28.5 Å². The lowest BCUT2D eigenvalue weighted by Gasteiger charge is -2.07. The molecule has 0 aromatic carbocycles. The van der Waals surface area contributed by atoms with Gasteiger partial charge in [0.15, 0.2) is 5.84 Å². The molecule has 0 spiro atoms. The van der Waals surface area contributed by atoms with E-state index in [1.54, 1.807) is 24.0 Å². The zero-order valence-electron chi connectivity index (χ0n) is 9.55. The lowest BCUT2D eigenvalue weighted by Crippen LogP contribution is -2.13. The summed E-state index contributed by atoms with van der Waals surface area (Å²) in [4.78, 5) is 4.24. The summed E-state index contributed by atoms with van der Waals surface area (Å²) in [6, 6.07) is 3.70. The molecule has 0 amide bonds. The summed E-state index contributed by atoms with van der Waals surface area (Å²) >= 11 is 1.73. The van der Waals surface area contributed by atoms with Gasteiger partial charge in [0.05, 0.1) is 5.03 Å². The van der Waals surface area contributed by atoms with Crippen LogP contribution in [-0.4, -0.2) is 21.8 Å². The van der Waals surface area contributed by atoms with Crippen LogP contribution >= 0.6 is 11.8 Å². The maximum absolute atomic E-state index is 8.50. The second kappa shape index (κ2) is 6.37. The Morgan fingerprint density at radius 3 is 2.88 bits per heavy atom. The van der Waals surface area contributed by atoms with Crippen LogP contribution in [-0.2, 0) is 0 Å². The minimum atomic E-state index is 0.0889. The van der Waals surface area contributed by atoms with Crippen molar-refractivity contribution >= 4 is 17.6 Å². The van der Waals surface area contributed by atoms with Gasteiger partial charge < -0.3 is 10.9 Å². The average molecular weight is 239 g/mol. The molecule has 0 aliphatic carbocycles. The van der Waals surface area contributed by atoms with Gasteiger partial charge in [-0.15, -0.1) is 11.8 Å². The first-order valence-corrected chi connectivity index (χ1v) is 6.22. The van der Waals surface area contributed by atoms with Gasteiger partial charge in [-0.2, -0.15) is 0 Å². The number of amidine groups is 1. The molecule has 1 heterocycles. The van der Waals surface area contributed by atoms with Crippen LogP contribution in [0.25, 0.3) is 0 Å². The summed E-state index contributed by atoms with van der Waals surface area (Å²) in [5.41, 5.74) is 6.08. The molecule has 0 aliphatic rings. The third-order valence-corrected chi connectivity index (χ3v) is 3.63. The fourth-order valence-corrected chi connectivity index (χ4v) is 2.00. The van der Waals surface area contributed by atoms with Crippen LogP contribution in [0.3, 0.4) is 0 Å². The van der Waals surface area contributed by atoms with E-state index < -0.39 is 0 Å². The number of pyridine rings is 1. The van der Waals surface area contributed by atoms with Crippen molar-refractivity contribution in [3.8, 4) is 0 Å². The average Bonchev–Trinajstić information content (AvgIpc) is 2.35. The molecular formula is C11H17N3OS. The van der Waals surface area contributed by atoms with Crippen LogP contribution < -0.4 is 5.73 Å². The molecule has 1 atom stereocenters. The van der Waals surface area contributed by atoms with Crippen LogP contribution in [0.4, 0.5) is 0 Å². The van der Waals surface area contributed by atoms with E-state index in [0.717, 1.165) is 10.8 Å². The van der Waals surface area contributed by atoms with Crippen molar-refractivity contribution in [1.29, 1.82) is 0 Å². The van der Waals surface area contributed by atoms with Crippen LogP contribution in [0, 0.1) is 5.92 Å². The highest BCUT2D eigenvalue weighted by Crippen LogP contribution is 2.19. The SMILES string of the molecule is CCC(C)CSc1ccc(/C(N)=N/O)cn1. The van der Waals surface area contributed by atoms with Gasteiger partial charge in [-0.1, -0.05) is 25.4 Å². The second-order valence-electron chi connectivity index (χ2n) is 3.69. The Morgan fingerprint density at radius 2 is 2.38 bits per heavy atom. The molecule has 16 heavy (non-hydrogen) atoms. The van der Waals surface area contributed by atoms with E-state index in [1.807, 2.05) is 6.07 Å². The van der Waals surface area contributed by atoms with E-state index in [1.165, 1.54) is 6.42 Å². The first kappa shape index (κ1) is 12.8. The predicted molar refractivity (Wildman–Crippen MR) is 66.9 cm³/mol. The summed E-state index contributed by atoms with van der Waals surface area (Å²) in [5.74, 6) is 1.84. The van der Waals surface area contributed by atoms with Gasteiger partial charge in [-0.3, -0.25) is 0 Å². The number of oxime groups is 1. The van der Waals surface area contributed by atoms with Crippen molar-refractivity contribution in [2.45, 2.75) is 25.3 Å². The smallest absolute Gasteiger partial charge is 0.171 e. The third-order valence-electron chi connectivity index (χ3n) is 2.35. The Labute approximate surface area is 99.9 Å². The van der Waals surface area contributed by atoms with Gasteiger partial charge >= 0.3 is 0 Å². The first-order valence-electron chi connectivity index (χ1n) is 5.24. The zero-order valence-corrected chi connectivity index (χ0v) is 10.4. The number of hydrogen-bond acceptors (Lipinski definition) is 4. The Morgan fingerprint density at radius 1 is 1.62 bits per heavy atom. The Kier molecular flexibility index (Phi) is 5.11. The van der Waals surface area contributed by atoms with Gasteiger partial charge in [0.2, 0.25) is 0 Å². The van der Waals surface area contributed by atoms with E-state index in [2.05, 4.69) is 24.0 Å². The van der Waals surface area contributed by atoms with Crippen molar-refractivity contribution in [1.82, 2.24) is 4.98 Å². The monoisotopic (exact) mass is 239 g/mol. The number of rotatable bonds is 5. The molecule has 5 heteroatoms. The summed E-state index contributed by atoms with van der Waals surface area (Å²) in [7, 11) is 0. The topological polar surface area (TPSA) is 71.5 Å². The Bertz CT molecular complexity index is 351. The van der Waals surface area contributed by atoms with E-state index in [4.69, 9.17) is 10.9 Å². The van der Waals surface area contributed by atoms with E-state index in [9.17, 15) is 0 Å². The third kappa shape index (κ3) is 3.73. The van der Waals surface area contributed by atoms with Gasteiger partial charge in [0.1, 0.15) is 0 Å². The minimum absolute atomic E-state index is 0.0889. The maximum atomic E-state index is 8.50. The van der Waals surface area contributed by atoms with Crippen molar-refractivity contribution in [2.24, 2.45) is 16.8 Å². The van der Waals surface area contributed by atoms with Crippen molar-refractivity contribution < 1.29 is 5.21 Å². The molecule has 0 saturated carbocycles. The Hall–Kier alpha value is -1.23. The van der Waals surface area contributed by atoms with Gasteiger partial charge in [-0.25, -0.2) is 4.98 Å². The van der Waals surface area contributed by atoms with Crippen LogP contribution in [0.5, 0.6) is 0 Å². The highest BCUT2D eigenvalue weighted by Gasteiger charge is 2.03. The number of nitrogens with zero attached hydrogens (tertiary/aromatic N) is 2. The zero-order chi connectivity index (χ0) is 12.0. The molecule has 0 saturated heterocycles. The largest absolute Gasteiger partial charge is 0.409 e.